The van der Waals surface area contributed by atoms with Gasteiger partial charge in [-0.05, 0) is 30.5 Å². The van der Waals surface area contributed by atoms with Crippen LogP contribution in [0.1, 0.15) is 16.7 Å². The zero-order valence-corrected chi connectivity index (χ0v) is 8.81. The maximum absolute atomic E-state index is 9.62. The molecule has 0 saturated heterocycles. The van der Waals surface area contributed by atoms with Crippen molar-refractivity contribution >= 4 is 0 Å². The molecule has 1 N–H and O–H groups in total. The van der Waals surface area contributed by atoms with Gasteiger partial charge in [-0.25, -0.2) is 4.68 Å². The number of rotatable bonds is 2. The number of aromatic hydroxyl groups is 1. The van der Waals surface area contributed by atoms with E-state index in [9.17, 15) is 5.11 Å². The Kier molecular flexibility index (Phi) is 2.41. The summed E-state index contributed by atoms with van der Waals surface area (Å²) >= 11 is 0. The Labute approximate surface area is 88.2 Å². The van der Waals surface area contributed by atoms with Gasteiger partial charge in [-0.1, -0.05) is 17.3 Å². The first-order valence-electron chi connectivity index (χ1n) is 4.80. The topological polar surface area (TPSA) is 50.9 Å². The zero-order valence-electron chi connectivity index (χ0n) is 8.81. The molecular weight excluding hydrogens is 190 g/mol. The minimum absolute atomic E-state index is 0.373. The number of hydrogen-bond acceptors (Lipinski definition) is 3. The molecule has 4 nitrogen and oxygen atoms in total. The highest BCUT2D eigenvalue weighted by Crippen LogP contribution is 2.23. The van der Waals surface area contributed by atoms with Gasteiger partial charge in [0.05, 0.1) is 12.7 Å². The number of aromatic nitrogens is 3. The molecule has 1 aromatic heterocycles. The molecule has 1 heterocycles. The van der Waals surface area contributed by atoms with Crippen LogP contribution in [0.4, 0.5) is 0 Å². The quantitative estimate of drug-likeness (QED) is 0.807. The minimum atomic E-state index is 0.373. The summed E-state index contributed by atoms with van der Waals surface area (Å²) in [5, 5.41) is 17.3. The molecule has 4 heteroatoms. The summed E-state index contributed by atoms with van der Waals surface area (Å²) < 4.78 is 1.76. The Morgan fingerprint density at radius 3 is 2.47 bits per heavy atom. The van der Waals surface area contributed by atoms with Crippen molar-refractivity contribution in [3.05, 3.63) is 41.2 Å². The van der Waals surface area contributed by atoms with Gasteiger partial charge >= 0.3 is 0 Å². The molecule has 15 heavy (non-hydrogen) atoms. The van der Waals surface area contributed by atoms with Gasteiger partial charge in [0.1, 0.15) is 5.75 Å². The lowest BCUT2D eigenvalue weighted by Gasteiger charge is -2.07. The van der Waals surface area contributed by atoms with E-state index in [-0.39, 0.29) is 0 Å². The monoisotopic (exact) mass is 203 g/mol. The van der Waals surface area contributed by atoms with Crippen LogP contribution in [0.15, 0.2) is 24.5 Å². The molecule has 0 saturated carbocycles. The van der Waals surface area contributed by atoms with Crippen molar-refractivity contribution in [1.29, 1.82) is 0 Å². The largest absolute Gasteiger partial charge is 0.507 e. The zero-order chi connectivity index (χ0) is 10.8. The first-order valence-corrected chi connectivity index (χ1v) is 4.80. The Morgan fingerprint density at radius 2 is 1.93 bits per heavy atom. The van der Waals surface area contributed by atoms with Crippen molar-refractivity contribution in [1.82, 2.24) is 15.0 Å². The number of aryl methyl sites for hydroxylation is 2. The third kappa shape index (κ3) is 1.98. The molecule has 0 aliphatic carbocycles. The van der Waals surface area contributed by atoms with Crippen LogP contribution >= 0.6 is 0 Å². The summed E-state index contributed by atoms with van der Waals surface area (Å²) in [6.45, 7) is 4.47. The molecule has 0 aliphatic rings. The van der Waals surface area contributed by atoms with Gasteiger partial charge in [0.25, 0.3) is 0 Å². The van der Waals surface area contributed by atoms with Crippen LogP contribution in [-0.2, 0) is 6.54 Å². The van der Waals surface area contributed by atoms with Gasteiger partial charge in [-0.2, -0.15) is 0 Å². The van der Waals surface area contributed by atoms with Gasteiger partial charge < -0.3 is 5.11 Å². The fourth-order valence-electron chi connectivity index (χ4n) is 1.64. The van der Waals surface area contributed by atoms with E-state index >= 15 is 0 Å². The summed E-state index contributed by atoms with van der Waals surface area (Å²) in [6.07, 6.45) is 3.47. The number of phenols is 1. The van der Waals surface area contributed by atoms with Crippen molar-refractivity contribution in [2.45, 2.75) is 20.4 Å². The van der Waals surface area contributed by atoms with Gasteiger partial charge in [0.15, 0.2) is 0 Å². The normalized spacial score (nSPS) is 10.5. The molecule has 78 valence electrons. The van der Waals surface area contributed by atoms with Crippen molar-refractivity contribution in [2.75, 3.05) is 0 Å². The molecule has 0 unspecified atom stereocenters. The van der Waals surface area contributed by atoms with Crippen LogP contribution in [0.3, 0.4) is 0 Å². The van der Waals surface area contributed by atoms with E-state index in [1.165, 1.54) is 0 Å². The lowest BCUT2D eigenvalue weighted by atomic mass is 10.1. The summed E-state index contributed by atoms with van der Waals surface area (Å²) in [6, 6.07) is 3.92. The van der Waals surface area contributed by atoms with E-state index in [1.807, 2.05) is 32.2 Å². The SMILES string of the molecule is Cc1cc(Cn2ccnn2)cc(C)c1O. The molecule has 0 amide bonds. The van der Waals surface area contributed by atoms with Crippen LogP contribution in [-0.4, -0.2) is 20.1 Å². The van der Waals surface area contributed by atoms with Gasteiger partial charge in [-0.3, -0.25) is 0 Å². The van der Waals surface area contributed by atoms with Crippen LogP contribution < -0.4 is 0 Å². The first kappa shape index (κ1) is 9.71. The van der Waals surface area contributed by atoms with E-state index in [4.69, 9.17) is 0 Å². The van der Waals surface area contributed by atoms with Crippen LogP contribution in [0, 0.1) is 13.8 Å². The molecule has 2 rings (SSSR count). The van der Waals surface area contributed by atoms with Crippen molar-refractivity contribution in [3.8, 4) is 5.75 Å². The summed E-state index contributed by atoms with van der Waals surface area (Å²) in [4.78, 5) is 0. The summed E-state index contributed by atoms with van der Waals surface area (Å²) in [7, 11) is 0. The Hall–Kier alpha value is -1.84. The number of benzene rings is 1. The van der Waals surface area contributed by atoms with Crippen LogP contribution in [0.5, 0.6) is 5.75 Å². The molecule has 0 fully saturated rings. The molecule has 2 aromatic rings. The number of phenolic OH excluding ortho intramolecular Hbond substituents is 1. The molecule has 0 bridgehead atoms. The Morgan fingerprint density at radius 1 is 1.27 bits per heavy atom. The average Bonchev–Trinajstić information content (AvgIpc) is 2.66. The molecular formula is C11H13N3O. The average molecular weight is 203 g/mol. The maximum atomic E-state index is 9.62. The predicted molar refractivity (Wildman–Crippen MR) is 56.7 cm³/mol. The third-order valence-corrected chi connectivity index (χ3v) is 2.37. The fraction of sp³-hybridized carbons (Fsp3) is 0.273. The van der Waals surface area contributed by atoms with E-state index in [0.29, 0.717) is 12.3 Å². The van der Waals surface area contributed by atoms with Gasteiger partial charge in [-0.15, -0.1) is 5.10 Å². The van der Waals surface area contributed by atoms with Crippen LogP contribution in [0.2, 0.25) is 0 Å². The maximum Gasteiger partial charge on any atom is 0.121 e. The predicted octanol–water partition coefficient (Wildman–Crippen LogP) is 1.65. The first-order chi connectivity index (χ1) is 7.16. The van der Waals surface area contributed by atoms with E-state index in [1.54, 1.807) is 10.9 Å². The minimum Gasteiger partial charge on any atom is -0.507 e. The standard InChI is InChI=1S/C11H13N3O/c1-8-5-10(6-9(2)11(8)15)7-14-4-3-12-13-14/h3-6,15H,7H2,1-2H3. The van der Waals surface area contributed by atoms with Crippen molar-refractivity contribution in [2.24, 2.45) is 0 Å². The van der Waals surface area contributed by atoms with Crippen molar-refractivity contribution < 1.29 is 5.11 Å². The van der Waals surface area contributed by atoms with E-state index in [2.05, 4.69) is 10.3 Å². The highest BCUT2D eigenvalue weighted by atomic mass is 16.3. The second-order valence-electron chi connectivity index (χ2n) is 3.68. The molecule has 0 aliphatic heterocycles. The highest BCUT2D eigenvalue weighted by Gasteiger charge is 2.03. The number of hydrogen-bond donors (Lipinski definition) is 1. The fourth-order valence-corrected chi connectivity index (χ4v) is 1.64. The molecule has 0 spiro atoms. The number of nitrogens with zero attached hydrogens (tertiary/aromatic N) is 3. The summed E-state index contributed by atoms with van der Waals surface area (Å²) in [5.74, 6) is 0.373. The Balaban J connectivity index is 2.30. The lowest BCUT2D eigenvalue weighted by molar-refractivity contribution is 0.466. The van der Waals surface area contributed by atoms with Gasteiger partial charge in [0, 0.05) is 6.20 Å². The Bertz CT molecular complexity index is 440. The van der Waals surface area contributed by atoms with Gasteiger partial charge in [0.2, 0.25) is 0 Å². The molecule has 0 atom stereocenters. The molecule has 1 aromatic carbocycles. The smallest absolute Gasteiger partial charge is 0.121 e. The van der Waals surface area contributed by atoms with E-state index < -0.39 is 0 Å². The molecule has 0 radical (unpaired) electrons. The highest BCUT2D eigenvalue weighted by molar-refractivity contribution is 5.42. The van der Waals surface area contributed by atoms with Crippen LogP contribution in [0.25, 0.3) is 0 Å². The summed E-state index contributed by atoms with van der Waals surface area (Å²) in [5.41, 5.74) is 2.91. The third-order valence-electron chi connectivity index (χ3n) is 2.37. The van der Waals surface area contributed by atoms with Crippen molar-refractivity contribution in [3.63, 3.8) is 0 Å². The van der Waals surface area contributed by atoms with E-state index in [0.717, 1.165) is 16.7 Å². The second kappa shape index (κ2) is 3.73. The second-order valence-corrected chi connectivity index (χ2v) is 3.68. The lowest BCUT2D eigenvalue weighted by Crippen LogP contribution is -2.01.